The van der Waals surface area contributed by atoms with Crippen LogP contribution in [0.3, 0.4) is 0 Å². The van der Waals surface area contributed by atoms with Crippen LogP contribution in [-0.4, -0.2) is 55.4 Å². The highest BCUT2D eigenvalue weighted by Gasteiger charge is 2.39. The number of sulfonamides is 1. The average Bonchev–Trinajstić information content (AvgIpc) is 3.08. The Kier molecular flexibility index (Phi) is 5.64. The predicted octanol–water partition coefficient (Wildman–Crippen LogP) is 0.710. The van der Waals surface area contributed by atoms with Gasteiger partial charge in [0.2, 0.25) is 10.0 Å². The van der Waals surface area contributed by atoms with Crippen molar-refractivity contribution in [1.82, 2.24) is 19.5 Å². The Bertz CT molecular complexity index is 706. The van der Waals surface area contributed by atoms with Crippen LogP contribution in [0.1, 0.15) is 36.2 Å². The number of hydrogen-bond donors (Lipinski definition) is 2. The van der Waals surface area contributed by atoms with Gasteiger partial charge in [-0.25, -0.2) is 8.42 Å². The van der Waals surface area contributed by atoms with E-state index in [0.29, 0.717) is 17.8 Å². The molecule has 0 radical (unpaired) electrons. The molecule has 0 saturated carbocycles. The Balaban J connectivity index is 0.00000208. The molecule has 0 aliphatic carbocycles. The van der Waals surface area contributed by atoms with Gasteiger partial charge in [0.15, 0.2) is 0 Å². The van der Waals surface area contributed by atoms with Crippen molar-refractivity contribution in [2.24, 2.45) is 7.05 Å². The van der Waals surface area contributed by atoms with Crippen LogP contribution in [0, 0.1) is 0 Å². The number of piperidine rings is 1. The zero-order valence-electron chi connectivity index (χ0n) is 14.2. The van der Waals surface area contributed by atoms with Crippen LogP contribution in [0.15, 0.2) is 17.2 Å². The fourth-order valence-electron chi connectivity index (χ4n) is 3.72. The van der Waals surface area contributed by atoms with E-state index in [1.165, 1.54) is 23.6 Å². The van der Waals surface area contributed by atoms with Crippen molar-refractivity contribution < 1.29 is 13.2 Å². The molecule has 2 fully saturated rings. The van der Waals surface area contributed by atoms with E-state index in [1.807, 2.05) is 0 Å². The summed E-state index contributed by atoms with van der Waals surface area (Å²) in [5, 5.41) is 6.05. The fraction of sp³-hybridized carbons (Fsp3) is 0.667. The van der Waals surface area contributed by atoms with Crippen LogP contribution < -0.4 is 10.6 Å². The standard InChI is InChI=1S/C15H24N4O3S.ClH/c1-16-15(20)14-8-13(9-18(14)2)23(21,22)19(3)12-6-10-4-5-11(7-12)17-10;/h8-12,17H,4-7H2,1-3H3,(H,16,20);1H. The Hall–Kier alpha value is -1.09. The molecule has 1 aromatic rings. The van der Waals surface area contributed by atoms with Gasteiger partial charge in [0, 0.05) is 45.5 Å². The second-order valence-corrected chi connectivity index (χ2v) is 8.53. The summed E-state index contributed by atoms with van der Waals surface area (Å²) in [6.45, 7) is 0. The van der Waals surface area contributed by atoms with Crippen molar-refractivity contribution in [3.05, 3.63) is 18.0 Å². The molecule has 2 aliphatic rings. The van der Waals surface area contributed by atoms with Gasteiger partial charge >= 0.3 is 0 Å². The summed E-state index contributed by atoms with van der Waals surface area (Å²) in [6, 6.07) is 2.31. The normalized spacial score (nSPS) is 26.2. The summed E-state index contributed by atoms with van der Waals surface area (Å²) in [4.78, 5) is 12.0. The number of aryl methyl sites for hydroxylation is 1. The molecule has 24 heavy (non-hydrogen) atoms. The first kappa shape index (κ1) is 19.2. The van der Waals surface area contributed by atoms with Gasteiger partial charge in [0.25, 0.3) is 5.91 Å². The number of carbonyl (C=O) groups is 1. The highest BCUT2D eigenvalue weighted by molar-refractivity contribution is 7.89. The number of fused-ring (bicyclic) bond motifs is 2. The number of hydrogen-bond acceptors (Lipinski definition) is 4. The first-order chi connectivity index (χ1) is 10.8. The van der Waals surface area contributed by atoms with E-state index in [2.05, 4.69) is 10.6 Å². The van der Waals surface area contributed by atoms with Crippen molar-refractivity contribution >= 4 is 28.3 Å². The maximum Gasteiger partial charge on any atom is 0.267 e. The summed E-state index contributed by atoms with van der Waals surface area (Å²) >= 11 is 0. The molecule has 1 aromatic heterocycles. The van der Waals surface area contributed by atoms with Gasteiger partial charge in [-0.15, -0.1) is 12.4 Å². The third-order valence-corrected chi connectivity index (χ3v) is 6.95. The monoisotopic (exact) mass is 376 g/mol. The number of carbonyl (C=O) groups excluding carboxylic acids is 1. The molecule has 2 N–H and O–H groups in total. The Labute approximate surface area is 149 Å². The Morgan fingerprint density at radius 2 is 1.92 bits per heavy atom. The molecule has 9 heteroatoms. The van der Waals surface area contributed by atoms with Gasteiger partial charge in [0.1, 0.15) is 10.6 Å². The van der Waals surface area contributed by atoms with Crippen molar-refractivity contribution in [2.45, 2.75) is 48.7 Å². The highest BCUT2D eigenvalue weighted by atomic mass is 35.5. The van der Waals surface area contributed by atoms with Crippen LogP contribution in [0.4, 0.5) is 0 Å². The minimum Gasteiger partial charge on any atom is -0.354 e. The number of nitrogens with one attached hydrogen (secondary N) is 2. The molecule has 0 spiro atoms. The molecular weight excluding hydrogens is 352 g/mol. The molecule has 3 rings (SSSR count). The summed E-state index contributed by atoms with van der Waals surface area (Å²) in [5.74, 6) is -0.295. The Morgan fingerprint density at radius 1 is 1.33 bits per heavy atom. The largest absolute Gasteiger partial charge is 0.354 e. The van der Waals surface area contributed by atoms with Gasteiger partial charge < -0.3 is 15.2 Å². The smallest absolute Gasteiger partial charge is 0.267 e. The minimum atomic E-state index is -3.60. The molecule has 2 atom stereocenters. The van der Waals surface area contributed by atoms with Crippen molar-refractivity contribution in [3.8, 4) is 0 Å². The summed E-state index contributed by atoms with van der Waals surface area (Å²) < 4.78 is 28.8. The number of halogens is 1. The third-order valence-electron chi connectivity index (χ3n) is 5.08. The molecule has 136 valence electrons. The van der Waals surface area contributed by atoms with Crippen molar-refractivity contribution in [2.75, 3.05) is 14.1 Å². The van der Waals surface area contributed by atoms with E-state index in [9.17, 15) is 13.2 Å². The second-order valence-electron chi connectivity index (χ2n) is 6.54. The maximum atomic E-state index is 12.9. The topological polar surface area (TPSA) is 83.4 Å². The average molecular weight is 377 g/mol. The summed E-state index contributed by atoms with van der Waals surface area (Å²) in [7, 11) is 1.26. The number of aromatic nitrogens is 1. The second kappa shape index (κ2) is 7.03. The van der Waals surface area contributed by atoms with Crippen LogP contribution in [0.2, 0.25) is 0 Å². The maximum absolute atomic E-state index is 12.9. The SMILES string of the molecule is CNC(=O)c1cc(S(=O)(=O)N(C)C2CC3CCC(C2)N3)cn1C.Cl. The zero-order chi connectivity index (χ0) is 16.8. The predicted molar refractivity (Wildman–Crippen MR) is 94.0 cm³/mol. The van der Waals surface area contributed by atoms with Crippen LogP contribution in [-0.2, 0) is 17.1 Å². The molecule has 2 unspecified atom stereocenters. The van der Waals surface area contributed by atoms with Crippen molar-refractivity contribution in [3.63, 3.8) is 0 Å². The highest BCUT2D eigenvalue weighted by Crippen LogP contribution is 2.31. The fourth-order valence-corrected chi connectivity index (χ4v) is 5.16. The molecule has 0 aromatic carbocycles. The first-order valence-electron chi connectivity index (χ1n) is 7.95. The number of amides is 1. The summed E-state index contributed by atoms with van der Waals surface area (Å²) in [6.07, 6.45) is 5.46. The lowest BCUT2D eigenvalue weighted by molar-refractivity contribution is 0.0955. The van der Waals surface area contributed by atoms with E-state index >= 15 is 0 Å². The van der Waals surface area contributed by atoms with E-state index in [1.54, 1.807) is 18.7 Å². The molecular formula is C15H25ClN4O3S. The summed E-state index contributed by atoms with van der Waals surface area (Å²) in [5.41, 5.74) is 0.338. The first-order valence-corrected chi connectivity index (χ1v) is 9.39. The van der Waals surface area contributed by atoms with Crippen LogP contribution >= 0.6 is 12.4 Å². The van der Waals surface area contributed by atoms with Crippen molar-refractivity contribution in [1.29, 1.82) is 0 Å². The van der Waals surface area contributed by atoms with E-state index < -0.39 is 10.0 Å². The van der Waals surface area contributed by atoms with Gasteiger partial charge in [0.05, 0.1) is 0 Å². The quantitative estimate of drug-likeness (QED) is 0.810. The number of rotatable bonds is 4. The van der Waals surface area contributed by atoms with E-state index in [-0.39, 0.29) is 29.3 Å². The molecule has 7 nitrogen and oxygen atoms in total. The van der Waals surface area contributed by atoms with E-state index in [4.69, 9.17) is 0 Å². The van der Waals surface area contributed by atoms with Crippen LogP contribution in [0.25, 0.3) is 0 Å². The molecule has 2 aliphatic heterocycles. The minimum absolute atomic E-state index is 0. The molecule has 2 saturated heterocycles. The van der Waals surface area contributed by atoms with Crippen LogP contribution in [0.5, 0.6) is 0 Å². The van der Waals surface area contributed by atoms with Gasteiger partial charge in [-0.1, -0.05) is 0 Å². The molecule has 2 bridgehead atoms. The van der Waals surface area contributed by atoms with E-state index in [0.717, 1.165) is 25.7 Å². The zero-order valence-corrected chi connectivity index (χ0v) is 15.8. The Morgan fingerprint density at radius 3 is 2.46 bits per heavy atom. The van der Waals surface area contributed by atoms with Gasteiger partial charge in [-0.3, -0.25) is 4.79 Å². The molecule has 1 amide bonds. The lowest BCUT2D eigenvalue weighted by atomic mass is 10.0. The third kappa shape index (κ3) is 3.33. The lowest BCUT2D eigenvalue weighted by Gasteiger charge is -2.34. The molecule has 3 heterocycles. The lowest BCUT2D eigenvalue weighted by Crippen LogP contribution is -2.48. The van der Waals surface area contributed by atoms with Gasteiger partial charge in [-0.2, -0.15) is 4.31 Å². The van der Waals surface area contributed by atoms with Gasteiger partial charge in [-0.05, 0) is 31.7 Å². The number of nitrogens with zero attached hydrogens (tertiary/aromatic N) is 2.